The third-order valence-electron chi connectivity index (χ3n) is 7.40. The Morgan fingerprint density at radius 2 is 0.829 bits per heavy atom. The van der Waals surface area contributed by atoms with Gasteiger partial charge in [-0.1, -0.05) is 74.5 Å². The summed E-state index contributed by atoms with van der Waals surface area (Å²) in [6.07, 6.45) is 2.22. The largest absolute Gasteiger partial charge is 0.379 e. The number of hydrogen-bond donors (Lipinski definition) is 0. The molecule has 230 valence electrons. The second-order valence-electron chi connectivity index (χ2n) is 11.3. The summed E-state index contributed by atoms with van der Waals surface area (Å²) in [5, 5.41) is 0. The van der Waals surface area contributed by atoms with E-state index >= 15 is 0 Å². The first-order chi connectivity index (χ1) is 20.2. The van der Waals surface area contributed by atoms with Crippen LogP contribution in [0.3, 0.4) is 0 Å². The monoisotopic (exact) mass is 570 g/mol. The Labute approximate surface area is 249 Å². The summed E-state index contributed by atoms with van der Waals surface area (Å²) in [6, 6.07) is 21.7. The predicted molar refractivity (Wildman–Crippen MR) is 165 cm³/mol. The molecule has 2 atom stereocenters. The van der Waals surface area contributed by atoms with Gasteiger partial charge in [-0.2, -0.15) is 0 Å². The van der Waals surface area contributed by atoms with Crippen molar-refractivity contribution in [1.82, 2.24) is 9.80 Å². The van der Waals surface area contributed by atoms with Gasteiger partial charge in [0.05, 0.1) is 52.9 Å². The summed E-state index contributed by atoms with van der Waals surface area (Å²) in [4.78, 5) is 5.22. The maximum absolute atomic E-state index is 5.92. The van der Waals surface area contributed by atoms with Crippen molar-refractivity contribution in [1.29, 1.82) is 0 Å². The van der Waals surface area contributed by atoms with Crippen LogP contribution in [0.15, 0.2) is 60.7 Å². The minimum atomic E-state index is 0.493. The molecular weight excluding hydrogens is 516 g/mol. The van der Waals surface area contributed by atoms with Crippen molar-refractivity contribution in [3.05, 3.63) is 71.8 Å². The van der Waals surface area contributed by atoms with Gasteiger partial charge in [0.1, 0.15) is 0 Å². The van der Waals surface area contributed by atoms with Gasteiger partial charge in [0, 0.05) is 39.4 Å². The molecule has 1 aliphatic rings. The summed E-state index contributed by atoms with van der Waals surface area (Å²) in [5.74, 6) is 0.986. The molecule has 0 amide bonds. The Bertz CT molecular complexity index is 800. The van der Waals surface area contributed by atoms with Crippen LogP contribution in [0.25, 0.3) is 0 Å². The summed E-state index contributed by atoms with van der Waals surface area (Å²) in [5.41, 5.74) is 2.73. The van der Waals surface area contributed by atoms with Crippen molar-refractivity contribution in [2.75, 3.05) is 92.2 Å². The minimum absolute atomic E-state index is 0.493. The number of benzene rings is 2. The van der Waals surface area contributed by atoms with Gasteiger partial charge in [0.2, 0.25) is 0 Å². The Kier molecular flexibility index (Phi) is 17.9. The van der Waals surface area contributed by atoms with Crippen LogP contribution in [0, 0.1) is 11.8 Å². The number of rotatable bonds is 4. The number of hydrogen-bond acceptors (Lipinski definition) is 7. The lowest BCUT2D eigenvalue weighted by Gasteiger charge is -2.29. The fourth-order valence-electron chi connectivity index (χ4n) is 4.83. The third kappa shape index (κ3) is 16.4. The summed E-state index contributed by atoms with van der Waals surface area (Å²) in [6.45, 7) is 17.0. The van der Waals surface area contributed by atoms with Crippen LogP contribution >= 0.6 is 0 Å². The van der Waals surface area contributed by atoms with Crippen molar-refractivity contribution in [3.8, 4) is 0 Å². The smallest absolute Gasteiger partial charge is 0.0701 e. The number of ether oxygens (including phenoxy) is 5. The van der Waals surface area contributed by atoms with Crippen LogP contribution in [0.5, 0.6) is 0 Å². The Morgan fingerprint density at radius 3 is 1.20 bits per heavy atom. The Hall–Kier alpha value is -1.84. The van der Waals surface area contributed by atoms with Gasteiger partial charge < -0.3 is 23.7 Å². The highest BCUT2D eigenvalue weighted by Gasteiger charge is 2.14. The van der Waals surface area contributed by atoms with Gasteiger partial charge in [-0.15, -0.1) is 0 Å². The zero-order chi connectivity index (χ0) is 28.8. The van der Waals surface area contributed by atoms with E-state index in [9.17, 15) is 0 Å². The lowest BCUT2D eigenvalue weighted by atomic mass is 10.1. The molecule has 7 heteroatoms. The van der Waals surface area contributed by atoms with E-state index < -0.39 is 0 Å². The average molecular weight is 571 g/mol. The molecule has 2 unspecified atom stereocenters. The second kappa shape index (κ2) is 21.8. The molecule has 41 heavy (non-hydrogen) atoms. The van der Waals surface area contributed by atoms with Gasteiger partial charge in [0.15, 0.2) is 0 Å². The fraction of sp³-hybridized carbons (Fsp3) is 0.647. The highest BCUT2D eigenvalue weighted by molar-refractivity contribution is 5.15. The fourth-order valence-corrected chi connectivity index (χ4v) is 4.83. The Balaban J connectivity index is 1.59. The van der Waals surface area contributed by atoms with E-state index in [0.29, 0.717) is 64.7 Å². The summed E-state index contributed by atoms with van der Waals surface area (Å²) >= 11 is 0. The summed E-state index contributed by atoms with van der Waals surface area (Å²) in [7, 11) is 0. The molecule has 7 nitrogen and oxygen atoms in total. The van der Waals surface area contributed by atoms with Gasteiger partial charge in [-0.3, -0.25) is 9.80 Å². The first kappa shape index (κ1) is 33.7. The maximum atomic E-state index is 5.92. The van der Waals surface area contributed by atoms with Crippen LogP contribution < -0.4 is 0 Å². The van der Waals surface area contributed by atoms with Crippen molar-refractivity contribution in [2.45, 2.75) is 39.8 Å². The first-order valence-corrected chi connectivity index (χ1v) is 15.6. The topological polar surface area (TPSA) is 52.6 Å². The molecule has 3 rings (SSSR count). The third-order valence-corrected chi connectivity index (χ3v) is 7.40. The normalized spacial score (nSPS) is 23.8. The molecule has 1 saturated heterocycles. The molecule has 2 aromatic rings. The van der Waals surface area contributed by atoms with Gasteiger partial charge in [-0.05, 0) is 48.9 Å². The molecule has 0 radical (unpaired) electrons. The first-order valence-electron chi connectivity index (χ1n) is 15.6. The molecule has 0 bridgehead atoms. The predicted octanol–water partition coefficient (Wildman–Crippen LogP) is 5.14. The van der Waals surface area contributed by atoms with E-state index in [1.54, 1.807) is 0 Å². The lowest BCUT2D eigenvalue weighted by molar-refractivity contribution is -0.0155. The van der Waals surface area contributed by atoms with E-state index in [-0.39, 0.29) is 0 Å². The molecule has 0 N–H and O–H groups in total. The quantitative estimate of drug-likeness (QED) is 0.505. The highest BCUT2D eigenvalue weighted by atomic mass is 16.6. The van der Waals surface area contributed by atoms with Crippen molar-refractivity contribution in [2.24, 2.45) is 11.8 Å². The van der Waals surface area contributed by atoms with Gasteiger partial charge in [0.25, 0.3) is 0 Å². The van der Waals surface area contributed by atoms with Crippen molar-refractivity contribution < 1.29 is 23.7 Å². The minimum Gasteiger partial charge on any atom is -0.379 e. The van der Waals surface area contributed by atoms with Crippen LogP contribution in [-0.4, -0.2) is 102 Å². The maximum Gasteiger partial charge on any atom is 0.0701 e. The molecule has 0 aliphatic carbocycles. The standard InChI is InChI=1S/C34H54N2O5/c1-31-13-15-35(27-33-9-5-3-6-10-33)17-18-36(28-34-11-7-4-8-12-34)16-14-32(2)30-41-26-24-39-22-20-37-19-21-38-23-25-40-29-31/h3-12,31-32H,13-30H2,1-2H3. The molecular formula is C34H54N2O5. The van der Waals surface area contributed by atoms with E-state index in [4.69, 9.17) is 23.7 Å². The molecule has 0 aromatic heterocycles. The van der Waals surface area contributed by atoms with Crippen LogP contribution in [0.4, 0.5) is 0 Å². The average Bonchev–Trinajstić information content (AvgIpc) is 2.99. The van der Waals surface area contributed by atoms with Crippen LogP contribution in [-0.2, 0) is 36.8 Å². The van der Waals surface area contributed by atoms with Crippen LogP contribution in [0.2, 0.25) is 0 Å². The second-order valence-corrected chi connectivity index (χ2v) is 11.3. The van der Waals surface area contributed by atoms with Gasteiger partial charge in [-0.25, -0.2) is 0 Å². The van der Waals surface area contributed by atoms with Crippen LogP contribution in [0.1, 0.15) is 37.8 Å². The SMILES string of the molecule is CC1CCN(Cc2ccccc2)CCN(Cc2ccccc2)CCC(C)COCCOCCOCCOCCOC1. The molecule has 2 aromatic carbocycles. The van der Waals surface area contributed by atoms with Crippen molar-refractivity contribution >= 4 is 0 Å². The van der Waals surface area contributed by atoms with Crippen molar-refractivity contribution in [3.63, 3.8) is 0 Å². The zero-order valence-electron chi connectivity index (χ0n) is 25.6. The molecule has 0 saturated carbocycles. The molecule has 1 heterocycles. The number of nitrogens with zero attached hydrogens (tertiary/aromatic N) is 2. The molecule has 0 spiro atoms. The highest BCUT2D eigenvalue weighted by Crippen LogP contribution is 2.13. The van der Waals surface area contributed by atoms with E-state index in [1.807, 2.05) is 0 Å². The molecule has 1 fully saturated rings. The lowest BCUT2D eigenvalue weighted by Crippen LogP contribution is -2.37. The van der Waals surface area contributed by atoms with E-state index in [0.717, 1.165) is 65.3 Å². The molecule has 1 aliphatic heterocycles. The Morgan fingerprint density at radius 1 is 0.488 bits per heavy atom. The van der Waals surface area contributed by atoms with E-state index in [1.165, 1.54) is 11.1 Å². The van der Waals surface area contributed by atoms with E-state index in [2.05, 4.69) is 84.3 Å². The zero-order valence-corrected chi connectivity index (χ0v) is 25.6. The van der Waals surface area contributed by atoms with Gasteiger partial charge >= 0.3 is 0 Å². The summed E-state index contributed by atoms with van der Waals surface area (Å²) < 4.78 is 28.7.